The molecule has 3 rings (SSSR count). The predicted molar refractivity (Wildman–Crippen MR) is 110 cm³/mol. The molecule has 0 aliphatic rings. The number of methoxy groups -OCH3 is 1. The van der Waals surface area contributed by atoms with E-state index in [2.05, 4.69) is 24.4 Å². The van der Waals surface area contributed by atoms with Gasteiger partial charge in [0.1, 0.15) is 6.61 Å². The maximum Gasteiger partial charge on any atom is 0.166 e. The molecule has 0 bridgehead atoms. The summed E-state index contributed by atoms with van der Waals surface area (Å²) in [6.07, 6.45) is 0. The molecule has 0 unspecified atom stereocenters. The van der Waals surface area contributed by atoms with Crippen molar-refractivity contribution in [1.82, 2.24) is 5.32 Å². The van der Waals surface area contributed by atoms with Crippen LogP contribution in [-0.2, 0) is 13.2 Å². The van der Waals surface area contributed by atoms with E-state index in [1.807, 2.05) is 54.6 Å². The minimum absolute atomic E-state index is 0.207. The van der Waals surface area contributed by atoms with Gasteiger partial charge in [-0.1, -0.05) is 72.3 Å². The average molecular weight is 382 g/mol. The number of ether oxygens (including phenoxy) is 2. The van der Waals surface area contributed by atoms with Crippen LogP contribution in [0, 0.1) is 0 Å². The van der Waals surface area contributed by atoms with Crippen molar-refractivity contribution in [1.29, 1.82) is 0 Å². The number of hydrogen-bond acceptors (Lipinski definition) is 3. The fourth-order valence-corrected chi connectivity index (χ4v) is 3.15. The molecule has 0 saturated carbocycles. The Hall–Kier alpha value is -2.49. The van der Waals surface area contributed by atoms with Crippen molar-refractivity contribution in [2.24, 2.45) is 0 Å². The highest BCUT2D eigenvalue weighted by molar-refractivity contribution is 6.30. The fourth-order valence-electron chi connectivity index (χ4n) is 2.92. The molecule has 3 aromatic rings. The van der Waals surface area contributed by atoms with Crippen molar-refractivity contribution in [2.75, 3.05) is 7.11 Å². The summed E-state index contributed by atoms with van der Waals surface area (Å²) in [5, 5.41) is 4.17. The Morgan fingerprint density at radius 2 is 1.63 bits per heavy atom. The molecule has 140 valence electrons. The van der Waals surface area contributed by atoms with E-state index in [0.29, 0.717) is 23.9 Å². The van der Waals surface area contributed by atoms with E-state index < -0.39 is 0 Å². The first-order chi connectivity index (χ1) is 13.2. The lowest BCUT2D eigenvalue weighted by Gasteiger charge is -2.19. The molecule has 3 nitrogen and oxygen atoms in total. The Labute approximate surface area is 165 Å². The van der Waals surface area contributed by atoms with Gasteiger partial charge < -0.3 is 14.8 Å². The Balaban J connectivity index is 1.77. The fraction of sp³-hybridized carbons (Fsp3) is 0.217. The maximum atomic E-state index is 6.29. The quantitative estimate of drug-likeness (QED) is 0.536. The van der Waals surface area contributed by atoms with Gasteiger partial charge in [-0.25, -0.2) is 0 Å². The van der Waals surface area contributed by atoms with Crippen molar-refractivity contribution in [2.45, 2.75) is 26.1 Å². The highest BCUT2D eigenvalue weighted by Crippen LogP contribution is 2.35. The van der Waals surface area contributed by atoms with Crippen molar-refractivity contribution >= 4 is 11.6 Å². The second-order valence-electron chi connectivity index (χ2n) is 6.38. The highest BCUT2D eigenvalue weighted by atomic mass is 35.5. The monoisotopic (exact) mass is 381 g/mol. The number of hydrogen-bond donors (Lipinski definition) is 1. The van der Waals surface area contributed by atoms with E-state index in [-0.39, 0.29) is 6.04 Å². The first kappa shape index (κ1) is 19.3. The molecule has 0 aliphatic heterocycles. The van der Waals surface area contributed by atoms with Gasteiger partial charge in [0.05, 0.1) is 7.11 Å². The van der Waals surface area contributed by atoms with Crippen LogP contribution in [0.2, 0.25) is 5.02 Å². The number of halogens is 1. The van der Waals surface area contributed by atoms with Gasteiger partial charge in [0.2, 0.25) is 0 Å². The molecule has 0 aromatic heterocycles. The van der Waals surface area contributed by atoms with Crippen LogP contribution in [0.15, 0.2) is 72.8 Å². The van der Waals surface area contributed by atoms with Gasteiger partial charge in [0.25, 0.3) is 0 Å². The molecule has 0 heterocycles. The molecule has 1 N–H and O–H groups in total. The number of benzene rings is 3. The van der Waals surface area contributed by atoms with Crippen LogP contribution in [0.5, 0.6) is 11.5 Å². The molecule has 0 spiro atoms. The smallest absolute Gasteiger partial charge is 0.166 e. The lowest BCUT2D eigenvalue weighted by Crippen LogP contribution is -2.18. The van der Waals surface area contributed by atoms with Gasteiger partial charge in [-0.05, 0) is 24.1 Å². The van der Waals surface area contributed by atoms with Crippen molar-refractivity contribution in [3.05, 3.63) is 94.5 Å². The molecule has 0 amide bonds. The zero-order chi connectivity index (χ0) is 19.1. The Morgan fingerprint density at radius 3 is 2.30 bits per heavy atom. The first-order valence-electron chi connectivity index (χ1n) is 8.99. The summed E-state index contributed by atoms with van der Waals surface area (Å²) >= 11 is 6.29. The molecule has 0 aliphatic carbocycles. The van der Waals surface area contributed by atoms with Crippen LogP contribution in [0.3, 0.4) is 0 Å². The Kier molecular flexibility index (Phi) is 6.74. The van der Waals surface area contributed by atoms with E-state index in [1.165, 1.54) is 5.56 Å². The lowest BCUT2D eigenvalue weighted by molar-refractivity contribution is 0.280. The van der Waals surface area contributed by atoms with Gasteiger partial charge in [-0.2, -0.15) is 0 Å². The molecule has 1 atom stereocenters. The topological polar surface area (TPSA) is 30.5 Å². The third-order valence-corrected chi connectivity index (χ3v) is 4.66. The SMILES string of the molecule is COc1cc(Cl)cc(CN[C@@H](C)c2ccccc2)c1OCc1ccccc1. The lowest BCUT2D eigenvalue weighted by atomic mass is 10.1. The molecule has 0 fully saturated rings. The van der Waals surface area contributed by atoms with Crippen LogP contribution >= 0.6 is 11.6 Å². The van der Waals surface area contributed by atoms with E-state index in [4.69, 9.17) is 21.1 Å². The van der Waals surface area contributed by atoms with Crippen molar-refractivity contribution in [3.63, 3.8) is 0 Å². The van der Waals surface area contributed by atoms with E-state index in [1.54, 1.807) is 13.2 Å². The predicted octanol–water partition coefficient (Wildman–Crippen LogP) is 5.78. The van der Waals surface area contributed by atoms with Gasteiger partial charge in [0, 0.05) is 29.2 Å². The minimum Gasteiger partial charge on any atom is -0.493 e. The van der Waals surface area contributed by atoms with Crippen LogP contribution in [0.4, 0.5) is 0 Å². The normalized spacial score (nSPS) is 11.8. The highest BCUT2D eigenvalue weighted by Gasteiger charge is 2.14. The summed E-state index contributed by atoms with van der Waals surface area (Å²) in [6, 6.07) is 24.3. The zero-order valence-corrected chi connectivity index (χ0v) is 16.4. The van der Waals surface area contributed by atoms with E-state index in [0.717, 1.165) is 16.9 Å². The van der Waals surface area contributed by atoms with E-state index in [9.17, 15) is 0 Å². The van der Waals surface area contributed by atoms with Crippen molar-refractivity contribution < 1.29 is 9.47 Å². The largest absolute Gasteiger partial charge is 0.493 e. The average Bonchev–Trinajstić information content (AvgIpc) is 2.72. The Morgan fingerprint density at radius 1 is 0.963 bits per heavy atom. The second-order valence-corrected chi connectivity index (χ2v) is 6.82. The molecular weight excluding hydrogens is 358 g/mol. The van der Waals surface area contributed by atoms with Crippen LogP contribution < -0.4 is 14.8 Å². The van der Waals surface area contributed by atoms with Gasteiger partial charge in [-0.15, -0.1) is 0 Å². The summed E-state index contributed by atoms with van der Waals surface area (Å²) < 4.78 is 11.6. The summed E-state index contributed by atoms with van der Waals surface area (Å²) in [7, 11) is 1.63. The molecule has 0 saturated heterocycles. The molecular formula is C23H24ClNO2. The first-order valence-corrected chi connectivity index (χ1v) is 9.36. The van der Waals surface area contributed by atoms with Crippen molar-refractivity contribution in [3.8, 4) is 11.5 Å². The third kappa shape index (κ3) is 5.25. The zero-order valence-electron chi connectivity index (χ0n) is 15.6. The summed E-state index contributed by atoms with van der Waals surface area (Å²) in [5.74, 6) is 1.36. The molecule has 0 radical (unpaired) electrons. The van der Waals surface area contributed by atoms with Crippen LogP contribution in [0.25, 0.3) is 0 Å². The van der Waals surface area contributed by atoms with E-state index >= 15 is 0 Å². The Bertz CT molecular complexity index is 853. The summed E-state index contributed by atoms with van der Waals surface area (Å²) in [5.41, 5.74) is 3.31. The molecule has 4 heteroatoms. The summed E-state index contributed by atoms with van der Waals surface area (Å²) in [4.78, 5) is 0. The third-order valence-electron chi connectivity index (χ3n) is 4.44. The number of rotatable bonds is 8. The van der Waals surface area contributed by atoms with Crippen LogP contribution in [0.1, 0.15) is 29.7 Å². The van der Waals surface area contributed by atoms with Crippen LogP contribution in [-0.4, -0.2) is 7.11 Å². The number of nitrogens with one attached hydrogen (secondary N) is 1. The van der Waals surface area contributed by atoms with Gasteiger partial charge in [-0.3, -0.25) is 0 Å². The van der Waals surface area contributed by atoms with Gasteiger partial charge >= 0.3 is 0 Å². The summed E-state index contributed by atoms with van der Waals surface area (Å²) in [6.45, 7) is 3.23. The van der Waals surface area contributed by atoms with Gasteiger partial charge in [0.15, 0.2) is 11.5 Å². The molecule has 3 aromatic carbocycles. The maximum absolute atomic E-state index is 6.29. The standard InChI is InChI=1S/C23H24ClNO2/c1-17(19-11-7-4-8-12-19)25-15-20-13-21(24)14-22(26-2)23(20)27-16-18-9-5-3-6-10-18/h3-14,17,25H,15-16H2,1-2H3/t17-/m0/s1. The minimum atomic E-state index is 0.207. The second kappa shape index (κ2) is 9.45. The molecule has 27 heavy (non-hydrogen) atoms.